The first-order valence-electron chi connectivity index (χ1n) is 8.88. The van der Waals surface area contributed by atoms with Crippen molar-refractivity contribution in [2.24, 2.45) is 0 Å². The lowest BCUT2D eigenvalue weighted by Crippen LogP contribution is -2.28. The molecule has 0 aliphatic rings. The predicted molar refractivity (Wildman–Crippen MR) is 106 cm³/mol. The number of urea groups is 1. The summed E-state index contributed by atoms with van der Waals surface area (Å²) in [5, 5.41) is 5.72. The van der Waals surface area contributed by atoms with E-state index in [2.05, 4.69) is 15.6 Å². The number of hydrogen-bond acceptors (Lipinski definition) is 4. The molecule has 27 heavy (non-hydrogen) atoms. The highest BCUT2D eigenvalue weighted by atomic mass is 16.5. The molecule has 0 radical (unpaired) electrons. The molecule has 3 rings (SSSR count). The third-order valence-electron chi connectivity index (χ3n) is 4.14. The van der Waals surface area contributed by atoms with Crippen molar-refractivity contribution in [3.63, 3.8) is 0 Å². The normalized spacial score (nSPS) is 11.6. The molecule has 2 N–H and O–H groups in total. The molecule has 0 saturated heterocycles. The number of rotatable bonds is 5. The first-order chi connectivity index (χ1) is 12.9. The molecule has 6 nitrogen and oxygen atoms in total. The van der Waals surface area contributed by atoms with E-state index < -0.39 is 0 Å². The molecule has 1 aromatic heterocycles. The lowest BCUT2D eigenvalue weighted by atomic mass is 9.97. The van der Waals surface area contributed by atoms with Gasteiger partial charge in [0.25, 0.3) is 0 Å². The van der Waals surface area contributed by atoms with Crippen molar-refractivity contribution in [1.82, 2.24) is 10.3 Å². The van der Waals surface area contributed by atoms with Crippen molar-refractivity contribution in [3.05, 3.63) is 59.5 Å². The van der Waals surface area contributed by atoms with Gasteiger partial charge in [-0.25, -0.2) is 9.78 Å². The van der Waals surface area contributed by atoms with E-state index in [1.54, 1.807) is 13.2 Å². The summed E-state index contributed by atoms with van der Waals surface area (Å²) in [6.07, 6.45) is 0. The van der Waals surface area contributed by atoms with Crippen LogP contribution in [0.3, 0.4) is 0 Å². The number of carbonyl (C=O) groups is 1. The second-order valence-corrected chi connectivity index (χ2v) is 7.46. The maximum absolute atomic E-state index is 12.3. The van der Waals surface area contributed by atoms with Crippen LogP contribution in [-0.2, 0) is 23.3 Å². The average molecular weight is 367 g/mol. The number of anilines is 1. The van der Waals surface area contributed by atoms with E-state index in [0.717, 1.165) is 16.6 Å². The minimum atomic E-state index is -0.277. The molecular weight excluding hydrogens is 342 g/mol. The van der Waals surface area contributed by atoms with Gasteiger partial charge < -0.3 is 19.8 Å². The summed E-state index contributed by atoms with van der Waals surface area (Å²) in [4.78, 5) is 16.8. The molecule has 0 fully saturated rings. The zero-order chi connectivity index (χ0) is 19.4. The van der Waals surface area contributed by atoms with Crippen molar-refractivity contribution < 1.29 is 13.9 Å². The van der Waals surface area contributed by atoms with Gasteiger partial charge in [-0.1, -0.05) is 45.0 Å². The lowest BCUT2D eigenvalue weighted by Gasteiger charge is -2.11. The third-order valence-corrected chi connectivity index (χ3v) is 4.14. The number of nitrogens with one attached hydrogen (secondary N) is 2. The fraction of sp³-hybridized carbons (Fsp3) is 0.333. The number of hydrogen-bond donors (Lipinski definition) is 2. The summed E-state index contributed by atoms with van der Waals surface area (Å²) in [6, 6.07) is 13.0. The Bertz CT molecular complexity index is 941. The number of oxazole rings is 1. The molecule has 0 bridgehead atoms. The van der Waals surface area contributed by atoms with Crippen molar-refractivity contribution in [2.45, 2.75) is 39.3 Å². The number of ether oxygens (including phenoxy) is 1. The molecule has 0 saturated carbocycles. The number of nitrogens with zero attached hydrogens (tertiary/aromatic N) is 1. The molecule has 0 aliphatic heterocycles. The van der Waals surface area contributed by atoms with Gasteiger partial charge in [-0.15, -0.1) is 0 Å². The summed E-state index contributed by atoms with van der Waals surface area (Å²) < 4.78 is 11.0. The van der Waals surface area contributed by atoms with E-state index in [4.69, 9.17) is 9.15 Å². The summed E-state index contributed by atoms with van der Waals surface area (Å²) in [7, 11) is 1.65. The first-order valence-corrected chi connectivity index (χ1v) is 8.88. The smallest absolute Gasteiger partial charge is 0.319 e. The van der Waals surface area contributed by atoms with Crippen LogP contribution in [0, 0.1) is 0 Å². The largest absolute Gasteiger partial charge is 0.440 e. The first kappa shape index (κ1) is 18.9. The van der Waals surface area contributed by atoms with E-state index >= 15 is 0 Å². The van der Waals surface area contributed by atoms with Crippen LogP contribution >= 0.6 is 0 Å². The predicted octanol–water partition coefficient (Wildman–Crippen LogP) is 4.59. The second-order valence-electron chi connectivity index (χ2n) is 7.46. The highest BCUT2D eigenvalue weighted by molar-refractivity contribution is 5.91. The molecule has 0 aliphatic carbocycles. The Hall–Kier alpha value is -2.86. The van der Waals surface area contributed by atoms with Crippen LogP contribution in [0.4, 0.5) is 10.5 Å². The lowest BCUT2D eigenvalue weighted by molar-refractivity contribution is 0.184. The average Bonchev–Trinajstić information content (AvgIpc) is 3.05. The molecule has 2 aromatic carbocycles. The van der Waals surface area contributed by atoms with Gasteiger partial charge in [0.1, 0.15) is 5.52 Å². The van der Waals surface area contributed by atoms with Crippen molar-refractivity contribution in [3.8, 4) is 0 Å². The maximum atomic E-state index is 12.3. The molecule has 3 aromatic rings. The van der Waals surface area contributed by atoms with Gasteiger partial charge >= 0.3 is 6.03 Å². The summed E-state index contributed by atoms with van der Waals surface area (Å²) in [5.74, 6) is 0.675. The Morgan fingerprint density at radius 2 is 1.89 bits per heavy atom. The monoisotopic (exact) mass is 367 g/mol. The van der Waals surface area contributed by atoms with Gasteiger partial charge in [0.2, 0.25) is 5.89 Å². The molecular formula is C21H25N3O3. The number of aromatic nitrogens is 1. The standard InChI is InChI=1S/C21H25N3O3/c1-21(2,3)19-24-17-11-16(9-10-18(17)27-19)23-20(25)22-12-14-7-5-6-8-15(14)13-26-4/h5-11H,12-13H2,1-4H3,(H2,22,23,25). The summed E-state index contributed by atoms with van der Waals surface area (Å²) in [6.45, 7) is 7.08. The second kappa shape index (κ2) is 7.80. The topological polar surface area (TPSA) is 76.4 Å². The number of fused-ring (bicyclic) bond motifs is 1. The fourth-order valence-electron chi connectivity index (χ4n) is 2.70. The Morgan fingerprint density at radius 1 is 1.15 bits per heavy atom. The van der Waals surface area contributed by atoms with Crippen LogP contribution in [0.2, 0.25) is 0 Å². The number of amides is 2. The molecule has 1 heterocycles. The minimum absolute atomic E-state index is 0.167. The third kappa shape index (κ3) is 4.65. The molecule has 2 amide bonds. The molecule has 0 unspecified atom stereocenters. The molecule has 0 spiro atoms. The van der Waals surface area contributed by atoms with E-state index in [0.29, 0.717) is 30.3 Å². The van der Waals surface area contributed by atoms with Gasteiger partial charge in [-0.2, -0.15) is 0 Å². The van der Waals surface area contributed by atoms with Crippen LogP contribution in [-0.4, -0.2) is 18.1 Å². The zero-order valence-corrected chi connectivity index (χ0v) is 16.1. The van der Waals surface area contributed by atoms with Gasteiger partial charge in [0.05, 0.1) is 6.61 Å². The Labute approximate surface area is 158 Å². The Kier molecular flexibility index (Phi) is 5.46. The van der Waals surface area contributed by atoms with Gasteiger partial charge in [0, 0.05) is 24.8 Å². The Morgan fingerprint density at radius 3 is 2.59 bits per heavy atom. The van der Waals surface area contributed by atoms with Crippen molar-refractivity contribution in [2.75, 3.05) is 12.4 Å². The van der Waals surface area contributed by atoms with Crippen LogP contribution in [0.1, 0.15) is 37.8 Å². The van der Waals surface area contributed by atoms with Crippen LogP contribution in [0.5, 0.6) is 0 Å². The van der Waals surface area contributed by atoms with Crippen LogP contribution in [0.25, 0.3) is 11.1 Å². The maximum Gasteiger partial charge on any atom is 0.319 e. The van der Waals surface area contributed by atoms with Crippen LogP contribution < -0.4 is 10.6 Å². The Balaban J connectivity index is 1.66. The number of benzene rings is 2. The zero-order valence-electron chi connectivity index (χ0n) is 16.1. The van der Waals surface area contributed by atoms with Crippen molar-refractivity contribution in [1.29, 1.82) is 0 Å². The van der Waals surface area contributed by atoms with Gasteiger partial charge in [-0.3, -0.25) is 0 Å². The highest BCUT2D eigenvalue weighted by Crippen LogP contribution is 2.27. The van der Waals surface area contributed by atoms with Crippen molar-refractivity contribution >= 4 is 22.8 Å². The number of methoxy groups -OCH3 is 1. The van der Waals surface area contributed by atoms with E-state index in [9.17, 15) is 4.79 Å². The number of carbonyl (C=O) groups excluding carboxylic acids is 1. The SMILES string of the molecule is COCc1ccccc1CNC(=O)Nc1ccc2oc(C(C)(C)C)nc2c1. The highest BCUT2D eigenvalue weighted by Gasteiger charge is 2.21. The fourth-order valence-corrected chi connectivity index (χ4v) is 2.70. The van der Waals surface area contributed by atoms with Gasteiger partial charge in [-0.05, 0) is 29.3 Å². The van der Waals surface area contributed by atoms with Gasteiger partial charge in [0.15, 0.2) is 5.58 Å². The van der Waals surface area contributed by atoms with Crippen LogP contribution in [0.15, 0.2) is 46.9 Å². The summed E-state index contributed by atoms with van der Waals surface area (Å²) in [5.41, 5.74) is 4.01. The van der Waals surface area contributed by atoms with E-state index in [-0.39, 0.29) is 11.4 Å². The molecule has 0 atom stereocenters. The van der Waals surface area contributed by atoms with E-state index in [1.165, 1.54) is 0 Å². The summed E-state index contributed by atoms with van der Waals surface area (Å²) >= 11 is 0. The van der Waals surface area contributed by atoms with E-state index in [1.807, 2.05) is 57.2 Å². The molecule has 6 heteroatoms. The quantitative estimate of drug-likeness (QED) is 0.691. The molecule has 142 valence electrons. The minimum Gasteiger partial charge on any atom is -0.440 e.